The van der Waals surface area contributed by atoms with Crippen LogP contribution in [0.5, 0.6) is 5.75 Å². The molecule has 4 nitrogen and oxygen atoms in total. The highest BCUT2D eigenvalue weighted by atomic mass is 16.3. The second-order valence-electron chi connectivity index (χ2n) is 5.64. The third kappa shape index (κ3) is 2.96. The zero-order valence-corrected chi connectivity index (χ0v) is 12.5. The second kappa shape index (κ2) is 6.27. The van der Waals surface area contributed by atoms with Gasteiger partial charge in [-0.15, -0.1) is 0 Å². The average molecular weight is 276 g/mol. The fourth-order valence-electron chi connectivity index (χ4n) is 2.94. The predicted molar refractivity (Wildman–Crippen MR) is 79.4 cm³/mol. The Hall–Kier alpha value is -1.55. The number of carbonyl (C=O) groups is 1. The van der Waals surface area contributed by atoms with Crippen LogP contribution in [0.3, 0.4) is 0 Å². The summed E-state index contributed by atoms with van der Waals surface area (Å²) in [5.74, 6) is 0.900. The molecule has 0 aliphatic carbocycles. The molecule has 1 amide bonds. The van der Waals surface area contributed by atoms with Gasteiger partial charge in [-0.1, -0.05) is 19.1 Å². The highest BCUT2D eigenvalue weighted by Gasteiger charge is 2.34. The average Bonchev–Trinajstić information content (AvgIpc) is 2.85. The maximum absolute atomic E-state index is 12.7. The third-order valence-electron chi connectivity index (χ3n) is 4.28. The molecule has 1 aromatic carbocycles. The Kier molecular flexibility index (Phi) is 4.65. The molecule has 20 heavy (non-hydrogen) atoms. The number of phenols is 1. The van der Waals surface area contributed by atoms with Crippen molar-refractivity contribution >= 4 is 5.91 Å². The molecule has 3 atom stereocenters. The Morgan fingerprint density at radius 2 is 2.25 bits per heavy atom. The summed E-state index contributed by atoms with van der Waals surface area (Å²) in [6.45, 7) is 8.50. The van der Waals surface area contributed by atoms with Crippen molar-refractivity contribution in [1.82, 2.24) is 10.2 Å². The van der Waals surface area contributed by atoms with Gasteiger partial charge >= 0.3 is 0 Å². The number of benzene rings is 1. The lowest BCUT2D eigenvalue weighted by Crippen LogP contribution is -2.40. The topological polar surface area (TPSA) is 52.6 Å². The van der Waals surface area contributed by atoms with E-state index in [1.807, 2.05) is 30.9 Å². The highest BCUT2D eigenvalue weighted by Crippen LogP contribution is 2.27. The molecule has 1 saturated heterocycles. The normalized spacial score (nSPS) is 23.6. The van der Waals surface area contributed by atoms with Crippen molar-refractivity contribution in [2.45, 2.75) is 26.8 Å². The molecule has 0 spiro atoms. The van der Waals surface area contributed by atoms with Crippen LogP contribution in [-0.4, -0.2) is 35.5 Å². The lowest BCUT2D eigenvalue weighted by atomic mass is 9.95. The number of nitrogens with one attached hydrogen (secondary N) is 1. The molecule has 2 rings (SSSR count). The Morgan fingerprint density at radius 3 is 2.80 bits per heavy atom. The summed E-state index contributed by atoms with van der Waals surface area (Å²) in [5.41, 5.74) is 0.971. The number of amides is 1. The van der Waals surface area contributed by atoms with E-state index in [0.717, 1.165) is 18.7 Å². The van der Waals surface area contributed by atoms with Crippen LogP contribution in [0.2, 0.25) is 0 Å². The zero-order valence-electron chi connectivity index (χ0n) is 12.5. The van der Waals surface area contributed by atoms with Gasteiger partial charge in [-0.05, 0) is 44.0 Å². The summed E-state index contributed by atoms with van der Waals surface area (Å²) in [7, 11) is 0. The van der Waals surface area contributed by atoms with E-state index in [1.165, 1.54) is 0 Å². The minimum absolute atomic E-state index is 0.0209. The van der Waals surface area contributed by atoms with Crippen LogP contribution in [0.15, 0.2) is 24.3 Å². The van der Waals surface area contributed by atoms with Gasteiger partial charge in [-0.2, -0.15) is 0 Å². The molecule has 1 aliphatic heterocycles. The van der Waals surface area contributed by atoms with Gasteiger partial charge in [0.1, 0.15) is 5.75 Å². The predicted octanol–water partition coefficient (Wildman–Crippen LogP) is 2.16. The first-order chi connectivity index (χ1) is 9.54. The van der Waals surface area contributed by atoms with E-state index in [0.29, 0.717) is 12.5 Å². The molecule has 2 N–H and O–H groups in total. The Bertz CT molecular complexity index is 475. The number of hydrogen-bond donors (Lipinski definition) is 2. The second-order valence-corrected chi connectivity index (χ2v) is 5.64. The molecule has 1 heterocycles. The molecule has 3 unspecified atom stereocenters. The van der Waals surface area contributed by atoms with Gasteiger partial charge in [0.2, 0.25) is 5.91 Å². The summed E-state index contributed by atoms with van der Waals surface area (Å²) in [6.07, 6.45) is 0. The van der Waals surface area contributed by atoms with E-state index >= 15 is 0 Å². The monoisotopic (exact) mass is 276 g/mol. The maximum atomic E-state index is 12.7. The van der Waals surface area contributed by atoms with E-state index in [2.05, 4.69) is 12.2 Å². The van der Waals surface area contributed by atoms with Crippen LogP contribution in [-0.2, 0) is 4.79 Å². The fraction of sp³-hybridized carbons (Fsp3) is 0.562. The van der Waals surface area contributed by atoms with Gasteiger partial charge in [0.05, 0.1) is 12.0 Å². The minimum Gasteiger partial charge on any atom is -0.508 e. The molecule has 4 heteroatoms. The van der Waals surface area contributed by atoms with Crippen molar-refractivity contribution in [3.8, 4) is 5.75 Å². The van der Waals surface area contributed by atoms with Gasteiger partial charge < -0.3 is 15.3 Å². The molecular formula is C16H24N2O2. The van der Waals surface area contributed by atoms with Gasteiger partial charge in [0.25, 0.3) is 0 Å². The molecule has 0 bridgehead atoms. The number of aromatic hydroxyl groups is 1. The van der Waals surface area contributed by atoms with Gasteiger partial charge in [0.15, 0.2) is 0 Å². The third-order valence-corrected chi connectivity index (χ3v) is 4.28. The zero-order chi connectivity index (χ0) is 14.7. The lowest BCUT2D eigenvalue weighted by molar-refractivity contribution is -0.138. The van der Waals surface area contributed by atoms with Gasteiger partial charge in [-0.3, -0.25) is 4.79 Å². The number of carbonyl (C=O) groups excluding carboxylic acids is 1. The number of hydrogen-bond acceptors (Lipinski definition) is 3. The molecular weight excluding hydrogens is 252 g/mol. The van der Waals surface area contributed by atoms with Crippen LogP contribution in [0.25, 0.3) is 0 Å². The first kappa shape index (κ1) is 14.9. The lowest BCUT2D eigenvalue weighted by Gasteiger charge is -2.31. The minimum atomic E-state index is -0.0209. The van der Waals surface area contributed by atoms with Crippen molar-refractivity contribution in [2.75, 3.05) is 19.6 Å². The summed E-state index contributed by atoms with van der Waals surface area (Å²) in [6, 6.07) is 7.14. The molecule has 1 fully saturated rings. The molecule has 110 valence electrons. The van der Waals surface area contributed by atoms with Gasteiger partial charge in [-0.25, -0.2) is 0 Å². The van der Waals surface area contributed by atoms with Crippen LogP contribution in [0.4, 0.5) is 0 Å². The van der Waals surface area contributed by atoms with Crippen molar-refractivity contribution in [1.29, 1.82) is 0 Å². The maximum Gasteiger partial charge on any atom is 0.227 e. The van der Waals surface area contributed by atoms with E-state index in [9.17, 15) is 9.90 Å². The van der Waals surface area contributed by atoms with E-state index < -0.39 is 0 Å². The van der Waals surface area contributed by atoms with Crippen LogP contribution in [0.1, 0.15) is 32.4 Å². The van der Waals surface area contributed by atoms with Crippen LogP contribution in [0, 0.1) is 11.8 Å². The standard InChI is InChI=1S/C16H24N2O2/c1-4-18(16(20)15-10-17-9-11(15)2)12(3)13-6-5-7-14(19)8-13/h5-8,11-12,15,17,19H,4,9-10H2,1-3H3. The summed E-state index contributed by atoms with van der Waals surface area (Å²) in [5, 5.41) is 12.9. The summed E-state index contributed by atoms with van der Waals surface area (Å²) in [4.78, 5) is 14.6. The molecule has 0 saturated carbocycles. The first-order valence-corrected chi connectivity index (χ1v) is 7.34. The molecule has 0 radical (unpaired) electrons. The summed E-state index contributed by atoms with van der Waals surface area (Å²) >= 11 is 0. The smallest absolute Gasteiger partial charge is 0.227 e. The number of nitrogens with zero attached hydrogens (tertiary/aromatic N) is 1. The first-order valence-electron chi connectivity index (χ1n) is 7.34. The number of phenolic OH excluding ortho intramolecular Hbond substituents is 1. The molecule has 1 aliphatic rings. The number of rotatable bonds is 4. The van der Waals surface area contributed by atoms with Crippen LogP contribution >= 0.6 is 0 Å². The fourth-order valence-corrected chi connectivity index (χ4v) is 2.94. The van der Waals surface area contributed by atoms with Crippen molar-refractivity contribution in [2.24, 2.45) is 11.8 Å². The SMILES string of the molecule is CCN(C(=O)C1CNCC1C)C(C)c1cccc(O)c1. The highest BCUT2D eigenvalue weighted by molar-refractivity contribution is 5.80. The van der Waals surface area contributed by atoms with Crippen molar-refractivity contribution in [3.63, 3.8) is 0 Å². The quantitative estimate of drug-likeness (QED) is 0.886. The van der Waals surface area contributed by atoms with E-state index in [1.54, 1.807) is 12.1 Å². The largest absolute Gasteiger partial charge is 0.508 e. The Morgan fingerprint density at radius 1 is 1.50 bits per heavy atom. The van der Waals surface area contributed by atoms with Crippen LogP contribution < -0.4 is 5.32 Å². The Balaban J connectivity index is 2.16. The van der Waals surface area contributed by atoms with Gasteiger partial charge in [0, 0.05) is 13.1 Å². The Labute approximate surface area is 120 Å². The molecule has 1 aromatic rings. The van der Waals surface area contributed by atoms with E-state index in [-0.39, 0.29) is 23.6 Å². The molecule has 0 aromatic heterocycles. The van der Waals surface area contributed by atoms with Crippen molar-refractivity contribution in [3.05, 3.63) is 29.8 Å². The summed E-state index contributed by atoms with van der Waals surface area (Å²) < 4.78 is 0. The van der Waals surface area contributed by atoms with E-state index in [4.69, 9.17) is 0 Å². The van der Waals surface area contributed by atoms with Crippen molar-refractivity contribution < 1.29 is 9.90 Å².